The Labute approximate surface area is 103 Å². The van der Waals surface area contributed by atoms with Gasteiger partial charge in [0, 0.05) is 6.54 Å². The molecule has 1 fully saturated rings. The second kappa shape index (κ2) is 7.30. The average molecular weight is 241 g/mol. The number of hydrogen-bond acceptors (Lipinski definition) is 3. The van der Waals surface area contributed by atoms with E-state index in [9.17, 15) is 9.59 Å². The van der Waals surface area contributed by atoms with E-state index in [1.807, 2.05) is 0 Å². The quantitative estimate of drug-likeness (QED) is 0.521. The summed E-state index contributed by atoms with van der Waals surface area (Å²) in [6, 6.07) is 0. The molecule has 1 rings (SSSR count). The smallest absolute Gasteiger partial charge is 0.309 e. The van der Waals surface area contributed by atoms with Crippen LogP contribution in [-0.4, -0.2) is 25.0 Å². The van der Waals surface area contributed by atoms with Crippen molar-refractivity contribution in [1.82, 2.24) is 5.32 Å². The molecule has 0 aliphatic heterocycles. The molecule has 17 heavy (non-hydrogen) atoms. The summed E-state index contributed by atoms with van der Waals surface area (Å²) in [5, 5.41) is 2.88. The maximum atomic E-state index is 11.6. The average Bonchev–Trinajstić information content (AvgIpc) is 3.09. The Hall–Kier alpha value is -1.06. The van der Waals surface area contributed by atoms with Crippen molar-refractivity contribution in [3.63, 3.8) is 0 Å². The third kappa shape index (κ3) is 4.75. The number of rotatable bonds is 8. The van der Waals surface area contributed by atoms with Gasteiger partial charge >= 0.3 is 5.97 Å². The van der Waals surface area contributed by atoms with Gasteiger partial charge in [0.05, 0.1) is 18.4 Å². The topological polar surface area (TPSA) is 55.4 Å². The number of hydrogen-bond donors (Lipinski definition) is 1. The van der Waals surface area contributed by atoms with E-state index in [1.165, 1.54) is 12.8 Å². The summed E-state index contributed by atoms with van der Waals surface area (Å²) in [6.07, 6.45) is 5.24. The van der Waals surface area contributed by atoms with Gasteiger partial charge in [-0.25, -0.2) is 0 Å². The molecule has 1 aliphatic carbocycles. The Morgan fingerprint density at radius 2 is 1.94 bits per heavy atom. The van der Waals surface area contributed by atoms with Crippen LogP contribution in [-0.2, 0) is 14.3 Å². The Morgan fingerprint density at radius 1 is 1.18 bits per heavy atom. The van der Waals surface area contributed by atoms with Crippen LogP contribution in [0.2, 0.25) is 0 Å². The number of amides is 1. The fourth-order valence-corrected chi connectivity index (χ4v) is 1.89. The van der Waals surface area contributed by atoms with Gasteiger partial charge in [-0.15, -0.1) is 0 Å². The molecule has 1 saturated carbocycles. The standard InChI is InChI=1S/C13H23NO3/c1-3-5-6-7-8-14-12(15)10-9-11(10)13(16)17-4-2/h10-11H,3-9H2,1-2H3,(H,14,15). The summed E-state index contributed by atoms with van der Waals surface area (Å²) in [7, 11) is 0. The lowest BCUT2D eigenvalue weighted by atomic mass is 10.2. The molecule has 0 aromatic carbocycles. The number of nitrogens with one attached hydrogen (secondary N) is 1. The predicted molar refractivity (Wildman–Crippen MR) is 65.4 cm³/mol. The summed E-state index contributed by atoms with van der Waals surface area (Å²) in [5.74, 6) is -0.538. The molecule has 0 radical (unpaired) electrons. The molecule has 2 unspecified atom stereocenters. The van der Waals surface area contributed by atoms with Crippen molar-refractivity contribution >= 4 is 11.9 Å². The monoisotopic (exact) mass is 241 g/mol. The first-order chi connectivity index (χ1) is 8.20. The van der Waals surface area contributed by atoms with E-state index in [0.29, 0.717) is 13.0 Å². The minimum absolute atomic E-state index is 0.0135. The maximum absolute atomic E-state index is 11.6. The first-order valence-electron chi connectivity index (χ1n) is 6.65. The normalized spacial score (nSPS) is 22.0. The van der Waals surface area contributed by atoms with E-state index >= 15 is 0 Å². The Balaban J connectivity index is 2.08. The van der Waals surface area contributed by atoms with Crippen molar-refractivity contribution in [1.29, 1.82) is 0 Å². The highest BCUT2D eigenvalue weighted by molar-refractivity contribution is 5.90. The second-order valence-electron chi connectivity index (χ2n) is 4.55. The highest BCUT2D eigenvalue weighted by Crippen LogP contribution is 2.39. The molecule has 0 heterocycles. The van der Waals surface area contributed by atoms with Crippen molar-refractivity contribution in [2.45, 2.75) is 46.0 Å². The van der Waals surface area contributed by atoms with Crippen LogP contribution in [0.5, 0.6) is 0 Å². The van der Waals surface area contributed by atoms with Gasteiger partial charge in [-0.3, -0.25) is 9.59 Å². The first-order valence-corrected chi connectivity index (χ1v) is 6.65. The molecule has 0 spiro atoms. The van der Waals surface area contributed by atoms with Crippen molar-refractivity contribution in [2.75, 3.05) is 13.2 Å². The molecule has 1 aliphatic rings. The zero-order valence-corrected chi connectivity index (χ0v) is 10.8. The third-order valence-electron chi connectivity index (χ3n) is 3.05. The van der Waals surface area contributed by atoms with E-state index in [0.717, 1.165) is 19.4 Å². The number of unbranched alkanes of at least 4 members (excludes halogenated alkanes) is 3. The number of ether oxygens (including phenoxy) is 1. The molecule has 98 valence electrons. The summed E-state index contributed by atoms with van der Waals surface area (Å²) < 4.78 is 4.88. The Bertz CT molecular complexity index is 265. The fraction of sp³-hybridized carbons (Fsp3) is 0.846. The van der Waals surface area contributed by atoms with Crippen LogP contribution >= 0.6 is 0 Å². The zero-order chi connectivity index (χ0) is 12.7. The molecule has 0 aromatic heterocycles. The van der Waals surface area contributed by atoms with E-state index in [-0.39, 0.29) is 23.7 Å². The number of esters is 1. The molecular weight excluding hydrogens is 218 g/mol. The van der Waals surface area contributed by atoms with Gasteiger partial charge in [-0.05, 0) is 19.8 Å². The van der Waals surface area contributed by atoms with E-state index in [1.54, 1.807) is 6.92 Å². The lowest BCUT2D eigenvalue weighted by Crippen LogP contribution is -2.27. The Morgan fingerprint density at radius 3 is 2.59 bits per heavy atom. The first kappa shape index (κ1) is 14.0. The molecule has 0 saturated heterocycles. The summed E-state index contributed by atoms with van der Waals surface area (Å²) in [5.41, 5.74) is 0. The molecule has 0 bridgehead atoms. The molecule has 4 heteroatoms. The van der Waals surface area contributed by atoms with E-state index in [4.69, 9.17) is 4.74 Å². The van der Waals surface area contributed by atoms with Gasteiger partial charge in [0.2, 0.25) is 5.91 Å². The SMILES string of the molecule is CCCCCCNC(=O)C1CC1C(=O)OCC. The molecule has 4 nitrogen and oxygen atoms in total. The zero-order valence-electron chi connectivity index (χ0n) is 10.8. The van der Waals surface area contributed by atoms with Gasteiger partial charge in [0.1, 0.15) is 0 Å². The lowest BCUT2D eigenvalue weighted by molar-refractivity contribution is -0.146. The van der Waals surface area contributed by atoms with E-state index in [2.05, 4.69) is 12.2 Å². The minimum atomic E-state index is -0.223. The number of carbonyl (C=O) groups is 2. The summed E-state index contributed by atoms with van der Waals surface area (Å²) in [4.78, 5) is 23.0. The predicted octanol–water partition coefficient (Wildman–Crippen LogP) is 1.88. The molecule has 1 N–H and O–H groups in total. The van der Waals surface area contributed by atoms with Crippen LogP contribution in [0, 0.1) is 11.8 Å². The van der Waals surface area contributed by atoms with Crippen LogP contribution in [0.15, 0.2) is 0 Å². The molecule has 2 atom stereocenters. The van der Waals surface area contributed by atoms with Crippen LogP contribution in [0.1, 0.15) is 46.0 Å². The summed E-state index contributed by atoms with van der Waals surface area (Å²) in [6.45, 7) is 5.06. The minimum Gasteiger partial charge on any atom is -0.466 e. The Kier molecular flexibility index (Phi) is 6.01. The van der Waals surface area contributed by atoms with Crippen LogP contribution in [0.3, 0.4) is 0 Å². The van der Waals surface area contributed by atoms with Crippen molar-refractivity contribution in [3.05, 3.63) is 0 Å². The lowest BCUT2D eigenvalue weighted by Gasteiger charge is -2.04. The van der Waals surface area contributed by atoms with Crippen LogP contribution < -0.4 is 5.32 Å². The maximum Gasteiger partial charge on any atom is 0.309 e. The van der Waals surface area contributed by atoms with Crippen molar-refractivity contribution < 1.29 is 14.3 Å². The number of carbonyl (C=O) groups excluding carboxylic acids is 2. The molecule has 1 amide bonds. The second-order valence-corrected chi connectivity index (χ2v) is 4.55. The van der Waals surface area contributed by atoms with Crippen molar-refractivity contribution in [3.8, 4) is 0 Å². The van der Waals surface area contributed by atoms with Gasteiger partial charge < -0.3 is 10.1 Å². The van der Waals surface area contributed by atoms with Gasteiger partial charge in [0.25, 0.3) is 0 Å². The van der Waals surface area contributed by atoms with Crippen molar-refractivity contribution in [2.24, 2.45) is 11.8 Å². The van der Waals surface area contributed by atoms with Gasteiger partial charge in [0.15, 0.2) is 0 Å². The van der Waals surface area contributed by atoms with Gasteiger partial charge in [-0.1, -0.05) is 26.2 Å². The summed E-state index contributed by atoms with van der Waals surface area (Å²) >= 11 is 0. The third-order valence-corrected chi connectivity index (χ3v) is 3.05. The van der Waals surface area contributed by atoms with Gasteiger partial charge in [-0.2, -0.15) is 0 Å². The molecular formula is C13H23NO3. The van der Waals surface area contributed by atoms with Crippen LogP contribution in [0.4, 0.5) is 0 Å². The van der Waals surface area contributed by atoms with E-state index < -0.39 is 0 Å². The fourth-order valence-electron chi connectivity index (χ4n) is 1.89. The molecule has 0 aromatic rings. The largest absolute Gasteiger partial charge is 0.466 e. The highest BCUT2D eigenvalue weighted by Gasteiger charge is 2.48. The van der Waals surface area contributed by atoms with Crippen LogP contribution in [0.25, 0.3) is 0 Å². The highest BCUT2D eigenvalue weighted by atomic mass is 16.5.